The van der Waals surface area contributed by atoms with Crippen LogP contribution in [0.3, 0.4) is 0 Å². The fraction of sp³-hybridized carbons (Fsp3) is 0.120. The molecule has 0 atom stereocenters. The molecule has 0 aliphatic rings. The Morgan fingerprint density at radius 3 is 2.32 bits per heavy atom. The number of hydrogen-bond acceptors (Lipinski definition) is 4. The number of rotatable bonds is 9. The molecule has 0 spiro atoms. The number of carbonyl (C=O) groups excluding carboxylic acids is 2. The van der Waals surface area contributed by atoms with Gasteiger partial charge in [0.05, 0.1) is 17.3 Å². The molecule has 0 fully saturated rings. The van der Waals surface area contributed by atoms with Crippen molar-refractivity contribution in [3.8, 4) is 0 Å². The Morgan fingerprint density at radius 1 is 1.03 bits per heavy atom. The highest BCUT2D eigenvalue weighted by Gasteiger charge is 2.27. The second kappa shape index (κ2) is 11.0. The summed E-state index contributed by atoms with van der Waals surface area (Å²) in [5.74, 6) is -0.623. The third kappa shape index (κ3) is 6.03. The number of hydrogen-bond donors (Lipinski definition) is 2. The molecular weight excluding hydrogens is 474 g/mol. The molecule has 0 unspecified atom stereocenters. The third-order valence-electron chi connectivity index (χ3n) is 4.83. The Labute approximate surface area is 204 Å². The normalized spacial score (nSPS) is 10.9. The van der Waals surface area contributed by atoms with E-state index in [-0.39, 0.29) is 34.5 Å². The van der Waals surface area contributed by atoms with E-state index in [9.17, 15) is 18.0 Å². The first-order valence-corrected chi connectivity index (χ1v) is 12.2. The van der Waals surface area contributed by atoms with Crippen LogP contribution in [0.5, 0.6) is 0 Å². The van der Waals surface area contributed by atoms with Crippen molar-refractivity contribution in [1.82, 2.24) is 5.32 Å². The first-order valence-electron chi connectivity index (χ1n) is 10.4. The smallest absolute Gasteiger partial charge is 0.266 e. The third-order valence-corrected chi connectivity index (χ3v) is 7.10. The maximum absolute atomic E-state index is 13.4. The number of anilines is 2. The quantitative estimate of drug-likeness (QED) is 0.422. The number of para-hydroxylation sites is 1. The molecule has 2 N–H and O–H groups in total. The summed E-state index contributed by atoms with van der Waals surface area (Å²) >= 11 is 6.25. The van der Waals surface area contributed by atoms with E-state index in [1.807, 2.05) is 0 Å². The summed E-state index contributed by atoms with van der Waals surface area (Å²) < 4.78 is 28.1. The van der Waals surface area contributed by atoms with Crippen LogP contribution >= 0.6 is 11.6 Å². The molecule has 9 heteroatoms. The summed E-state index contributed by atoms with van der Waals surface area (Å²) in [7, 11) is -4.07. The van der Waals surface area contributed by atoms with Crippen molar-refractivity contribution >= 4 is 44.8 Å². The Balaban J connectivity index is 1.81. The van der Waals surface area contributed by atoms with E-state index in [1.54, 1.807) is 54.6 Å². The molecule has 0 saturated heterocycles. The van der Waals surface area contributed by atoms with Gasteiger partial charge in [-0.15, -0.1) is 6.58 Å². The zero-order chi connectivity index (χ0) is 24.7. The predicted octanol–water partition coefficient (Wildman–Crippen LogP) is 4.61. The largest absolute Gasteiger partial charge is 0.348 e. The molecule has 3 aromatic rings. The van der Waals surface area contributed by atoms with Gasteiger partial charge >= 0.3 is 0 Å². The van der Waals surface area contributed by atoms with Crippen molar-refractivity contribution < 1.29 is 18.0 Å². The highest BCUT2D eigenvalue weighted by Crippen LogP contribution is 2.29. The maximum Gasteiger partial charge on any atom is 0.266 e. The van der Waals surface area contributed by atoms with Gasteiger partial charge in [-0.1, -0.05) is 48.0 Å². The van der Waals surface area contributed by atoms with Gasteiger partial charge in [0.1, 0.15) is 4.90 Å². The number of halogens is 1. The van der Waals surface area contributed by atoms with Gasteiger partial charge in [0.2, 0.25) is 5.91 Å². The number of benzene rings is 3. The van der Waals surface area contributed by atoms with Crippen LogP contribution in [0, 0.1) is 0 Å². The second-order valence-corrected chi connectivity index (χ2v) is 9.60. The lowest BCUT2D eigenvalue weighted by Crippen LogP contribution is -2.31. The van der Waals surface area contributed by atoms with Gasteiger partial charge < -0.3 is 10.6 Å². The summed E-state index contributed by atoms with van der Waals surface area (Å²) in [6, 6.07) is 19.7. The summed E-state index contributed by atoms with van der Waals surface area (Å²) in [6.07, 6.45) is 1.48. The number of carbonyl (C=O) groups is 2. The summed E-state index contributed by atoms with van der Waals surface area (Å²) in [6.45, 7) is 5.33. The molecule has 0 radical (unpaired) electrons. The van der Waals surface area contributed by atoms with Gasteiger partial charge in [-0.05, 0) is 48.0 Å². The second-order valence-electron chi connectivity index (χ2n) is 7.37. The van der Waals surface area contributed by atoms with Gasteiger partial charge in [-0.2, -0.15) is 0 Å². The van der Waals surface area contributed by atoms with E-state index in [0.717, 1.165) is 5.56 Å². The van der Waals surface area contributed by atoms with E-state index in [0.29, 0.717) is 11.4 Å². The van der Waals surface area contributed by atoms with Crippen LogP contribution in [0.2, 0.25) is 5.02 Å². The fourth-order valence-electron chi connectivity index (χ4n) is 3.21. The average molecular weight is 498 g/mol. The molecule has 7 nitrogen and oxygen atoms in total. The van der Waals surface area contributed by atoms with E-state index in [4.69, 9.17) is 11.6 Å². The van der Waals surface area contributed by atoms with Crippen LogP contribution < -0.4 is 14.9 Å². The molecular formula is C25H24ClN3O4S. The molecule has 34 heavy (non-hydrogen) atoms. The van der Waals surface area contributed by atoms with Gasteiger partial charge in [0.15, 0.2) is 0 Å². The first kappa shape index (κ1) is 25.0. The van der Waals surface area contributed by atoms with Crippen LogP contribution in [-0.4, -0.2) is 26.8 Å². The molecule has 0 aromatic heterocycles. The monoisotopic (exact) mass is 497 g/mol. The van der Waals surface area contributed by atoms with Crippen molar-refractivity contribution in [3.05, 3.63) is 102 Å². The van der Waals surface area contributed by atoms with Crippen molar-refractivity contribution in [2.24, 2.45) is 0 Å². The van der Waals surface area contributed by atoms with Crippen LogP contribution in [0.4, 0.5) is 11.4 Å². The minimum atomic E-state index is -4.07. The number of nitrogens with zero attached hydrogens (tertiary/aromatic N) is 1. The Bertz CT molecular complexity index is 1290. The highest BCUT2D eigenvalue weighted by atomic mass is 35.5. The van der Waals surface area contributed by atoms with Crippen LogP contribution in [-0.2, 0) is 21.4 Å². The first-order chi connectivity index (χ1) is 16.2. The van der Waals surface area contributed by atoms with Crippen molar-refractivity contribution in [2.45, 2.75) is 18.4 Å². The zero-order valence-electron chi connectivity index (χ0n) is 18.5. The van der Waals surface area contributed by atoms with Crippen molar-refractivity contribution in [1.29, 1.82) is 0 Å². The minimum Gasteiger partial charge on any atom is -0.348 e. The fourth-order valence-corrected chi connectivity index (χ4v) is 5.15. The lowest BCUT2D eigenvalue weighted by Gasteiger charge is -2.24. The molecule has 3 aromatic carbocycles. The van der Waals surface area contributed by atoms with E-state index < -0.39 is 15.9 Å². The number of nitrogens with one attached hydrogen (secondary N) is 2. The van der Waals surface area contributed by atoms with E-state index in [2.05, 4.69) is 17.2 Å². The summed E-state index contributed by atoms with van der Waals surface area (Å²) in [5, 5.41) is 5.45. The number of sulfonamides is 1. The molecule has 176 valence electrons. The highest BCUT2D eigenvalue weighted by molar-refractivity contribution is 7.93. The van der Waals surface area contributed by atoms with Gasteiger partial charge in [0.25, 0.3) is 15.9 Å². The van der Waals surface area contributed by atoms with Crippen LogP contribution in [0.1, 0.15) is 22.8 Å². The molecule has 0 aliphatic carbocycles. The number of amides is 2. The van der Waals surface area contributed by atoms with Crippen LogP contribution in [0.25, 0.3) is 0 Å². The molecule has 0 bridgehead atoms. The molecule has 3 rings (SSSR count). The standard InChI is InChI=1S/C25H24ClN3O4S/c1-3-15-29(22-7-5-4-6-8-22)34(32,33)24-16-20(11-14-23(24)26)25(31)27-17-19-9-12-21(13-10-19)28-18(2)30/h3-14,16H,1,15,17H2,2H3,(H,27,31)(H,28,30). The predicted molar refractivity (Wildman–Crippen MR) is 135 cm³/mol. The SMILES string of the molecule is C=CCN(c1ccccc1)S(=O)(=O)c1cc(C(=O)NCc2ccc(NC(C)=O)cc2)ccc1Cl. The maximum atomic E-state index is 13.4. The van der Waals surface area contributed by atoms with Gasteiger partial charge in [0, 0.05) is 24.7 Å². The Kier molecular flexibility index (Phi) is 8.09. The van der Waals surface area contributed by atoms with Gasteiger partial charge in [-0.3, -0.25) is 13.9 Å². The van der Waals surface area contributed by atoms with Crippen molar-refractivity contribution in [2.75, 3.05) is 16.2 Å². The Hall–Kier alpha value is -3.62. The zero-order valence-corrected chi connectivity index (χ0v) is 20.1. The summed E-state index contributed by atoms with van der Waals surface area (Å²) in [5.41, 5.74) is 2.07. The topological polar surface area (TPSA) is 95.6 Å². The van der Waals surface area contributed by atoms with Crippen LogP contribution in [0.15, 0.2) is 90.3 Å². The molecule has 0 heterocycles. The lowest BCUT2D eigenvalue weighted by molar-refractivity contribution is -0.114. The van der Waals surface area contributed by atoms with E-state index in [1.165, 1.54) is 35.5 Å². The molecule has 2 amide bonds. The molecule has 0 aliphatic heterocycles. The van der Waals surface area contributed by atoms with Crippen molar-refractivity contribution in [3.63, 3.8) is 0 Å². The Morgan fingerprint density at radius 2 is 1.71 bits per heavy atom. The summed E-state index contributed by atoms with van der Waals surface area (Å²) in [4.78, 5) is 23.7. The van der Waals surface area contributed by atoms with E-state index >= 15 is 0 Å². The lowest BCUT2D eigenvalue weighted by atomic mass is 10.2. The average Bonchev–Trinajstić information content (AvgIpc) is 2.82. The minimum absolute atomic E-state index is 0.00936. The van der Waals surface area contributed by atoms with Gasteiger partial charge in [-0.25, -0.2) is 8.42 Å². The molecule has 0 saturated carbocycles.